The van der Waals surface area contributed by atoms with Crippen LogP contribution in [0, 0.1) is 0 Å². The van der Waals surface area contributed by atoms with Gasteiger partial charge in [0.05, 0.1) is 0 Å². The van der Waals surface area contributed by atoms with Gasteiger partial charge in [-0.1, -0.05) is 44.2 Å². The molecule has 1 rings (SSSR count). The monoisotopic (exact) mass is 288 g/mol. The molecular weight excluding hydrogens is 264 g/mol. The second-order valence-corrected chi connectivity index (χ2v) is 4.53. The molecule has 0 unspecified atom stereocenters. The van der Waals surface area contributed by atoms with Crippen molar-refractivity contribution in [2.45, 2.75) is 46.1 Å². The molecule has 4 nitrogen and oxygen atoms in total. The number of halogens is 1. The van der Waals surface area contributed by atoms with Gasteiger partial charge in [-0.25, -0.2) is 10.6 Å². The van der Waals surface area contributed by atoms with E-state index in [2.05, 4.69) is 0 Å². The maximum atomic E-state index is 10.4. The Morgan fingerprint density at radius 1 is 1.26 bits per heavy atom. The zero-order chi connectivity index (χ0) is 15.3. The van der Waals surface area contributed by atoms with Crippen LogP contribution >= 0.6 is 11.6 Å². The van der Waals surface area contributed by atoms with Crippen molar-refractivity contribution in [1.29, 1.82) is 0 Å². The molecule has 19 heavy (non-hydrogen) atoms. The molecule has 3 N–H and O–H groups in total. The SMILES string of the molecule is CC.CC(C)(C)OC(=O)NN.ClCc1ccccc1. The molecule has 0 aliphatic rings. The van der Waals surface area contributed by atoms with Crippen molar-refractivity contribution < 1.29 is 9.53 Å². The maximum absolute atomic E-state index is 10.4. The van der Waals surface area contributed by atoms with Crippen LogP contribution in [0.3, 0.4) is 0 Å². The lowest BCUT2D eigenvalue weighted by molar-refractivity contribution is 0.0527. The van der Waals surface area contributed by atoms with Crippen LogP contribution in [0.2, 0.25) is 0 Å². The second-order valence-electron chi connectivity index (χ2n) is 4.27. The molecule has 0 heterocycles. The fraction of sp³-hybridized carbons (Fsp3) is 0.500. The lowest BCUT2D eigenvalue weighted by atomic mass is 10.2. The van der Waals surface area contributed by atoms with E-state index in [0.717, 1.165) is 0 Å². The Kier molecular flexibility index (Phi) is 12.5. The molecular formula is C14H25ClN2O2. The van der Waals surface area contributed by atoms with Gasteiger partial charge in [-0.3, -0.25) is 5.43 Å². The molecule has 0 atom stereocenters. The summed E-state index contributed by atoms with van der Waals surface area (Å²) < 4.78 is 4.71. The fourth-order valence-electron chi connectivity index (χ4n) is 0.875. The highest BCUT2D eigenvalue weighted by molar-refractivity contribution is 6.17. The van der Waals surface area contributed by atoms with Crippen LogP contribution in [0.1, 0.15) is 40.2 Å². The number of benzene rings is 1. The third-order valence-corrected chi connectivity index (χ3v) is 1.82. The van der Waals surface area contributed by atoms with Crippen molar-refractivity contribution in [1.82, 2.24) is 5.43 Å². The second kappa shape index (κ2) is 11.8. The molecule has 5 heteroatoms. The van der Waals surface area contributed by atoms with Gasteiger partial charge in [0.15, 0.2) is 0 Å². The number of ether oxygens (including phenoxy) is 1. The third kappa shape index (κ3) is 14.7. The highest BCUT2D eigenvalue weighted by Gasteiger charge is 2.14. The minimum atomic E-state index is -0.609. The summed E-state index contributed by atoms with van der Waals surface area (Å²) in [5, 5.41) is 0. The first-order valence-electron chi connectivity index (χ1n) is 6.18. The summed E-state index contributed by atoms with van der Waals surface area (Å²) in [6, 6.07) is 9.96. The number of hydrogen-bond acceptors (Lipinski definition) is 3. The Bertz CT molecular complexity index is 324. The average Bonchev–Trinajstić information content (AvgIpc) is 2.40. The van der Waals surface area contributed by atoms with E-state index in [1.165, 1.54) is 5.56 Å². The largest absolute Gasteiger partial charge is 0.443 e. The van der Waals surface area contributed by atoms with Crippen LogP contribution in [0.5, 0.6) is 0 Å². The van der Waals surface area contributed by atoms with E-state index in [9.17, 15) is 4.79 Å². The predicted octanol–water partition coefficient (Wildman–Crippen LogP) is 3.84. The van der Waals surface area contributed by atoms with E-state index in [1.54, 1.807) is 20.8 Å². The van der Waals surface area contributed by atoms with Gasteiger partial charge in [-0.15, -0.1) is 11.6 Å². The van der Waals surface area contributed by atoms with Crippen LogP contribution < -0.4 is 11.3 Å². The highest BCUT2D eigenvalue weighted by Crippen LogP contribution is 2.05. The molecule has 0 spiro atoms. The molecule has 0 bridgehead atoms. The van der Waals surface area contributed by atoms with Gasteiger partial charge in [-0.05, 0) is 26.3 Å². The fourth-order valence-corrected chi connectivity index (χ4v) is 1.05. The summed E-state index contributed by atoms with van der Waals surface area (Å²) in [5.41, 5.74) is 2.57. The Morgan fingerprint density at radius 2 is 1.74 bits per heavy atom. The Labute approximate surface area is 121 Å². The van der Waals surface area contributed by atoms with Gasteiger partial charge >= 0.3 is 6.09 Å². The van der Waals surface area contributed by atoms with Crippen molar-refractivity contribution in [3.63, 3.8) is 0 Å². The Hall–Kier alpha value is -1.26. The van der Waals surface area contributed by atoms with E-state index in [-0.39, 0.29) is 0 Å². The number of amides is 1. The molecule has 0 aliphatic carbocycles. The normalized spacial score (nSPS) is 9.21. The van der Waals surface area contributed by atoms with E-state index in [0.29, 0.717) is 5.88 Å². The van der Waals surface area contributed by atoms with Crippen molar-refractivity contribution >= 4 is 17.7 Å². The van der Waals surface area contributed by atoms with Crippen molar-refractivity contribution in [3.05, 3.63) is 35.9 Å². The Balaban J connectivity index is 0. The van der Waals surface area contributed by atoms with Crippen molar-refractivity contribution in [3.8, 4) is 0 Å². The topological polar surface area (TPSA) is 64.3 Å². The molecule has 1 amide bonds. The summed E-state index contributed by atoms with van der Waals surface area (Å²) >= 11 is 5.53. The molecule has 1 aromatic rings. The number of carbonyl (C=O) groups excluding carboxylic acids is 1. The number of rotatable bonds is 1. The van der Waals surface area contributed by atoms with Crippen LogP contribution in [-0.4, -0.2) is 11.7 Å². The molecule has 0 saturated heterocycles. The van der Waals surface area contributed by atoms with Gasteiger partial charge in [0.25, 0.3) is 0 Å². The summed E-state index contributed by atoms with van der Waals surface area (Å²) in [6.45, 7) is 9.30. The standard InChI is InChI=1S/C7H7Cl.C5H12N2O2.C2H6/c8-6-7-4-2-1-3-5-7;1-5(2,3)9-4(8)7-6;1-2/h1-5H,6H2;6H2,1-3H3,(H,7,8);1-2H3. The molecule has 1 aromatic carbocycles. The highest BCUT2D eigenvalue weighted by atomic mass is 35.5. The zero-order valence-electron chi connectivity index (χ0n) is 12.4. The van der Waals surface area contributed by atoms with E-state index in [1.807, 2.05) is 49.6 Å². The average molecular weight is 289 g/mol. The van der Waals surface area contributed by atoms with Crippen LogP contribution in [0.4, 0.5) is 4.79 Å². The van der Waals surface area contributed by atoms with Crippen molar-refractivity contribution in [2.24, 2.45) is 5.84 Å². The van der Waals surface area contributed by atoms with E-state index >= 15 is 0 Å². The van der Waals surface area contributed by atoms with Crippen LogP contribution in [0.15, 0.2) is 30.3 Å². The first-order chi connectivity index (χ1) is 8.89. The smallest absolute Gasteiger partial charge is 0.421 e. The van der Waals surface area contributed by atoms with Crippen LogP contribution in [-0.2, 0) is 10.6 Å². The van der Waals surface area contributed by atoms with Gasteiger partial charge in [-0.2, -0.15) is 0 Å². The van der Waals surface area contributed by atoms with E-state index < -0.39 is 11.7 Å². The minimum absolute atomic E-state index is 0.469. The van der Waals surface area contributed by atoms with Crippen LogP contribution in [0.25, 0.3) is 0 Å². The van der Waals surface area contributed by atoms with Gasteiger partial charge in [0, 0.05) is 5.88 Å². The number of alkyl halides is 1. The lowest BCUT2D eigenvalue weighted by Crippen LogP contribution is -2.36. The summed E-state index contributed by atoms with van der Waals surface area (Å²) in [4.78, 5) is 10.4. The van der Waals surface area contributed by atoms with Gasteiger partial charge in [0.2, 0.25) is 0 Å². The van der Waals surface area contributed by atoms with Gasteiger partial charge in [0.1, 0.15) is 5.60 Å². The van der Waals surface area contributed by atoms with E-state index in [4.69, 9.17) is 22.2 Å². The molecule has 0 aliphatic heterocycles. The van der Waals surface area contributed by atoms with Crippen molar-refractivity contribution in [2.75, 3.05) is 0 Å². The maximum Gasteiger partial charge on any atom is 0.421 e. The number of nitrogens with one attached hydrogen (secondary N) is 1. The molecule has 0 saturated carbocycles. The zero-order valence-corrected chi connectivity index (χ0v) is 13.1. The lowest BCUT2D eigenvalue weighted by Gasteiger charge is -2.18. The molecule has 110 valence electrons. The number of hydrazine groups is 1. The summed E-state index contributed by atoms with van der Waals surface area (Å²) in [5.74, 6) is 5.37. The first kappa shape index (κ1) is 20.1. The quantitative estimate of drug-likeness (QED) is 0.357. The number of nitrogens with two attached hydrogens (primary N) is 1. The summed E-state index contributed by atoms with van der Waals surface area (Å²) in [7, 11) is 0. The minimum Gasteiger partial charge on any atom is -0.443 e. The number of hydrogen-bond donors (Lipinski definition) is 2. The molecule has 0 fully saturated rings. The first-order valence-corrected chi connectivity index (χ1v) is 6.72. The molecule has 0 aromatic heterocycles. The summed E-state index contributed by atoms with van der Waals surface area (Å²) in [6.07, 6.45) is -0.609. The molecule has 0 radical (unpaired) electrons. The Morgan fingerprint density at radius 3 is 1.95 bits per heavy atom. The number of carbonyl (C=O) groups is 1. The third-order valence-electron chi connectivity index (χ3n) is 1.51. The predicted molar refractivity (Wildman–Crippen MR) is 80.9 cm³/mol. The van der Waals surface area contributed by atoms with Gasteiger partial charge < -0.3 is 4.74 Å².